The summed E-state index contributed by atoms with van der Waals surface area (Å²) >= 11 is 5.69. The van der Waals surface area contributed by atoms with Crippen molar-refractivity contribution < 1.29 is 32.2 Å². The molecule has 0 radical (unpaired) electrons. The van der Waals surface area contributed by atoms with Crippen LogP contribution in [0.15, 0.2) is 46.3 Å². The molecule has 27 heavy (non-hydrogen) atoms. The maximum Gasteiger partial charge on any atom is 0.310 e. The fourth-order valence-electron chi connectivity index (χ4n) is 2.38. The molecule has 0 aliphatic heterocycles. The van der Waals surface area contributed by atoms with Crippen molar-refractivity contribution in [3.8, 4) is 0 Å². The lowest BCUT2D eigenvalue weighted by Gasteiger charge is -2.40. The molecule has 0 unspecified atom stereocenters. The van der Waals surface area contributed by atoms with Crippen molar-refractivity contribution in [1.29, 1.82) is 0 Å². The fourth-order valence-corrected chi connectivity index (χ4v) is 4.72. The minimum Gasteiger partial charge on any atom is -0.345 e. The van der Waals surface area contributed by atoms with Crippen molar-refractivity contribution in [1.82, 2.24) is 9.97 Å². The van der Waals surface area contributed by atoms with Crippen LogP contribution in [-0.2, 0) is 15.6 Å². The first-order chi connectivity index (χ1) is 12.1. The van der Waals surface area contributed by atoms with Crippen LogP contribution >= 0.6 is 21.8 Å². The normalized spacial score (nSPS) is 15.5. The van der Waals surface area contributed by atoms with Crippen molar-refractivity contribution >= 4 is 42.7 Å². The monoisotopic (exact) mass is 450 g/mol. The number of aromatic nitrogens is 2. The molecule has 13 heteroatoms. The van der Waals surface area contributed by atoms with Crippen molar-refractivity contribution in [3.63, 3.8) is 0 Å². The molecule has 1 aromatic carbocycles. The lowest BCUT2D eigenvalue weighted by molar-refractivity contribution is 0.363. The Balaban J connectivity index is 2.01. The quantitative estimate of drug-likeness (QED) is 0.392. The first kappa shape index (κ1) is 19.8. The Morgan fingerprint density at radius 3 is 2.33 bits per heavy atom. The summed E-state index contributed by atoms with van der Waals surface area (Å²) in [5, 5.41) is 0.231. The molecule has 0 amide bonds. The molecule has 3 rings (SSSR count). The van der Waals surface area contributed by atoms with Crippen LogP contribution < -0.4 is 0 Å². The molecule has 0 spiro atoms. The predicted molar refractivity (Wildman–Crippen MR) is 89.8 cm³/mol. The zero-order valence-corrected chi connectivity index (χ0v) is 15.3. The van der Waals surface area contributed by atoms with E-state index < -0.39 is 48.2 Å². The largest absolute Gasteiger partial charge is 0.345 e. The van der Waals surface area contributed by atoms with Crippen LogP contribution in [0.2, 0.25) is 5.15 Å². The van der Waals surface area contributed by atoms with E-state index in [2.05, 4.69) is 9.97 Å². The van der Waals surface area contributed by atoms with Gasteiger partial charge < -0.3 is 4.98 Å². The molecule has 1 N–H and O–H groups in total. The molecule has 0 atom stereocenters. The van der Waals surface area contributed by atoms with Crippen LogP contribution in [0, 0.1) is 5.82 Å². The first-order valence-corrected chi connectivity index (χ1v) is 10.9. The highest BCUT2D eigenvalue weighted by Gasteiger charge is 2.65. The zero-order valence-electron chi connectivity index (χ0n) is 12.9. The maximum absolute atomic E-state index is 13.9. The third-order valence-corrected chi connectivity index (χ3v) is 6.67. The number of hydrogen-bond acceptors (Lipinski definition) is 3. The molecule has 0 aliphatic carbocycles. The number of nitrogens with one attached hydrogen (secondary N) is 1. The minimum atomic E-state index is -10.1. The SMILES string of the molecule is O=S(=O)(Cc1ccc(S(F)(F)(F)(F)F)cc1F)c1c[nH]c2nc(Cl)ccc12. The Labute approximate surface area is 153 Å². The van der Waals surface area contributed by atoms with Crippen LogP contribution in [0.1, 0.15) is 5.56 Å². The number of nitrogens with zero attached hydrogens (tertiary/aromatic N) is 1. The second kappa shape index (κ2) is 5.32. The Morgan fingerprint density at radius 2 is 1.74 bits per heavy atom. The molecule has 3 aromatic rings. The average molecular weight is 451 g/mol. The topological polar surface area (TPSA) is 62.8 Å². The van der Waals surface area contributed by atoms with Gasteiger partial charge in [0.15, 0.2) is 9.84 Å². The number of H-pyrrole nitrogens is 1. The van der Waals surface area contributed by atoms with E-state index in [0.29, 0.717) is 6.07 Å². The Hall–Kier alpha value is -1.92. The number of aromatic amines is 1. The molecule has 0 saturated heterocycles. The zero-order chi connectivity index (χ0) is 20.3. The number of benzene rings is 1. The second-order valence-electron chi connectivity index (χ2n) is 5.66. The number of pyridine rings is 1. The third kappa shape index (κ3) is 4.01. The van der Waals surface area contributed by atoms with Crippen LogP contribution in [-0.4, -0.2) is 18.4 Å². The van der Waals surface area contributed by atoms with Gasteiger partial charge >= 0.3 is 10.2 Å². The fraction of sp³-hybridized carbons (Fsp3) is 0.0714. The van der Waals surface area contributed by atoms with Crippen LogP contribution in [0.25, 0.3) is 11.0 Å². The minimum absolute atomic E-state index is 0.0357. The number of sulfone groups is 1. The molecule has 2 heterocycles. The Bertz CT molecular complexity index is 1180. The molecule has 0 aliphatic rings. The standard InChI is InChI=1S/C14H9ClF6N2O2S2/c15-13-4-3-10-12(6-22-14(10)23-13)26(24,25)7-8-1-2-9(5-11(8)16)27(17,18,19,20)21/h1-6H,7H2,(H,22,23). The van der Waals surface area contributed by atoms with Gasteiger partial charge in [-0.3, -0.25) is 0 Å². The summed E-state index contributed by atoms with van der Waals surface area (Å²) in [5.74, 6) is -2.74. The van der Waals surface area contributed by atoms with Gasteiger partial charge in [-0.1, -0.05) is 37.1 Å². The highest BCUT2D eigenvalue weighted by atomic mass is 35.5. The van der Waals surface area contributed by atoms with E-state index in [4.69, 9.17) is 11.6 Å². The molecule has 0 fully saturated rings. The molecule has 148 valence electrons. The number of halogens is 7. The molecular formula is C14H9ClF6N2O2S2. The third-order valence-electron chi connectivity index (χ3n) is 3.62. The van der Waals surface area contributed by atoms with Crippen LogP contribution in [0.4, 0.5) is 23.8 Å². The van der Waals surface area contributed by atoms with Gasteiger partial charge in [-0.25, -0.2) is 17.8 Å². The van der Waals surface area contributed by atoms with Crippen molar-refractivity contribution in [3.05, 3.63) is 53.1 Å². The molecule has 0 bridgehead atoms. The van der Waals surface area contributed by atoms with E-state index in [1.807, 2.05) is 0 Å². The van der Waals surface area contributed by atoms with Gasteiger partial charge in [0.1, 0.15) is 21.5 Å². The Morgan fingerprint density at radius 1 is 1.07 bits per heavy atom. The highest BCUT2D eigenvalue weighted by Crippen LogP contribution is 3.02. The molecular weight excluding hydrogens is 442 g/mol. The van der Waals surface area contributed by atoms with Crippen molar-refractivity contribution in [2.75, 3.05) is 0 Å². The smallest absolute Gasteiger partial charge is 0.310 e. The maximum atomic E-state index is 13.9. The lowest BCUT2D eigenvalue weighted by atomic mass is 10.2. The van der Waals surface area contributed by atoms with E-state index >= 15 is 0 Å². The summed E-state index contributed by atoms with van der Waals surface area (Å²) < 4.78 is 103. The number of hydrogen-bond donors (Lipinski definition) is 1. The molecule has 2 aromatic heterocycles. The van der Waals surface area contributed by atoms with E-state index in [1.54, 1.807) is 0 Å². The van der Waals surface area contributed by atoms with Gasteiger partial charge in [0, 0.05) is 17.1 Å². The first-order valence-electron chi connectivity index (χ1n) is 6.96. The average Bonchev–Trinajstić information content (AvgIpc) is 2.90. The lowest BCUT2D eigenvalue weighted by Crippen LogP contribution is -2.09. The van der Waals surface area contributed by atoms with Crippen LogP contribution in [0.3, 0.4) is 0 Å². The summed E-state index contributed by atoms with van der Waals surface area (Å²) in [6.45, 7) is 0. The van der Waals surface area contributed by atoms with E-state index in [0.717, 1.165) is 6.20 Å². The predicted octanol–water partition coefficient (Wildman–Crippen LogP) is 5.99. The van der Waals surface area contributed by atoms with E-state index in [-0.39, 0.29) is 27.1 Å². The van der Waals surface area contributed by atoms with E-state index in [1.165, 1.54) is 12.1 Å². The molecule has 4 nitrogen and oxygen atoms in total. The summed E-state index contributed by atoms with van der Waals surface area (Å²) in [4.78, 5) is 3.71. The number of fused-ring (bicyclic) bond motifs is 1. The van der Waals surface area contributed by atoms with Crippen LogP contribution in [0.5, 0.6) is 0 Å². The Kier molecular flexibility index (Phi) is 3.91. The van der Waals surface area contributed by atoms with Crippen molar-refractivity contribution in [2.45, 2.75) is 15.5 Å². The summed E-state index contributed by atoms with van der Waals surface area (Å²) in [5.41, 5.74) is -0.547. The van der Waals surface area contributed by atoms with Gasteiger partial charge in [-0.15, -0.1) is 0 Å². The van der Waals surface area contributed by atoms with Gasteiger partial charge in [0.2, 0.25) is 0 Å². The summed E-state index contributed by atoms with van der Waals surface area (Å²) in [6, 6.07) is 2.61. The number of rotatable bonds is 4. The highest BCUT2D eigenvalue weighted by molar-refractivity contribution is 8.45. The van der Waals surface area contributed by atoms with E-state index in [9.17, 15) is 32.2 Å². The van der Waals surface area contributed by atoms with Gasteiger partial charge in [-0.2, -0.15) is 0 Å². The second-order valence-corrected chi connectivity index (χ2v) is 10.4. The summed E-state index contributed by atoms with van der Waals surface area (Å²) in [7, 11) is -14.3. The summed E-state index contributed by atoms with van der Waals surface area (Å²) in [6.07, 6.45) is 1.07. The van der Waals surface area contributed by atoms with Gasteiger partial charge in [0.05, 0.1) is 10.6 Å². The molecule has 0 saturated carbocycles. The van der Waals surface area contributed by atoms with Gasteiger partial charge in [-0.05, 0) is 24.3 Å². The van der Waals surface area contributed by atoms with Crippen molar-refractivity contribution in [2.24, 2.45) is 0 Å². The van der Waals surface area contributed by atoms with Gasteiger partial charge in [0.25, 0.3) is 0 Å².